The lowest BCUT2D eigenvalue weighted by Gasteiger charge is -2.30. The van der Waals surface area contributed by atoms with Gasteiger partial charge in [-0.05, 0) is 26.2 Å². The number of aromatic nitrogens is 4. The molecule has 0 aromatic carbocycles. The molecule has 0 spiro atoms. The van der Waals surface area contributed by atoms with E-state index in [9.17, 15) is 5.26 Å². The average molecular weight is 444 g/mol. The molecular formula is C21H29N7O2S. The van der Waals surface area contributed by atoms with Crippen molar-refractivity contribution in [2.45, 2.75) is 32.7 Å². The van der Waals surface area contributed by atoms with Crippen LogP contribution in [-0.2, 0) is 16.0 Å². The second-order valence-corrected chi connectivity index (χ2v) is 9.54. The molecule has 5 heterocycles. The van der Waals surface area contributed by atoms with Crippen LogP contribution in [0.2, 0.25) is 0 Å². The Bertz CT molecular complexity index is 932. The minimum absolute atomic E-state index is 0.148. The first-order valence-corrected chi connectivity index (χ1v) is 12.0. The molecule has 0 aliphatic carbocycles. The summed E-state index contributed by atoms with van der Waals surface area (Å²) in [6, 6.07) is 2.42. The zero-order chi connectivity index (χ0) is 21.2. The fraction of sp³-hybridized carbons (Fsp3) is 0.714. The molecular weight excluding hydrogens is 414 g/mol. The number of hydrogen-bond donors (Lipinski definition) is 0. The average Bonchev–Trinajstić information content (AvgIpc) is 3.55. The Kier molecular flexibility index (Phi) is 6.07. The van der Waals surface area contributed by atoms with Crippen LogP contribution < -0.4 is 9.80 Å². The summed E-state index contributed by atoms with van der Waals surface area (Å²) in [7, 11) is 0. The standard InChI is InChI=1S/C21H29N7O2S/c1-15-18(31-21(23-15)27-7-10-29-11-8-27)19-24-25-20(26-5-2-16(12-22)3-6-26)28(19)13-17-4-9-30-14-17/h16-17H,2-11,13-14H2,1H3. The van der Waals surface area contributed by atoms with E-state index >= 15 is 0 Å². The van der Waals surface area contributed by atoms with Gasteiger partial charge >= 0.3 is 0 Å². The summed E-state index contributed by atoms with van der Waals surface area (Å²) in [5, 5.41) is 19.6. The van der Waals surface area contributed by atoms with Crippen molar-refractivity contribution < 1.29 is 9.47 Å². The van der Waals surface area contributed by atoms with Crippen LogP contribution in [0.15, 0.2) is 0 Å². The zero-order valence-corrected chi connectivity index (χ0v) is 18.8. The molecule has 3 fully saturated rings. The van der Waals surface area contributed by atoms with Crippen molar-refractivity contribution in [3.8, 4) is 16.8 Å². The van der Waals surface area contributed by atoms with Gasteiger partial charge in [0.25, 0.3) is 0 Å². The Balaban J connectivity index is 1.46. The molecule has 0 N–H and O–H groups in total. The van der Waals surface area contributed by atoms with Crippen LogP contribution in [0.3, 0.4) is 0 Å². The maximum Gasteiger partial charge on any atom is 0.227 e. The monoisotopic (exact) mass is 443 g/mol. The van der Waals surface area contributed by atoms with Crippen LogP contribution in [0.1, 0.15) is 25.0 Å². The molecule has 1 unspecified atom stereocenters. The molecule has 3 aliphatic rings. The summed E-state index contributed by atoms with van der Waals surface area (Å²) >= 11 is 1.70. The van der Waals surface area contributed by atoms with Gasteiger partial charge in [-0.2, -0.15) is 5.26 Å². The Labute approximate surface area is 186 Å². The fourth-order valence-electron chi connectivity index (χ4n) is 4.54. The van der Waals surface area contributed by atoms with Gasteiger partial charge in [-0.1, -0.05) is 11.3 Å². The molecule has 0 saturated carbocycles. The lowest BCUT2D eigenvalue weighted by Crippen LogP contribution is -2.36. The number of nitriles is 1. The first-order valence-electron chi connectivity index (χ1n) is 11.2. The first-order chi connectivity index (χ1) is 15.2. The first kappa shape index (κ1) is 20.7. The van der Waals surface area contributed by atoms with E-state index in [1.165, 1.54) is 0 Å². The lowest BCUT2D eigenvalue weighted by atomic mass is 9.99. The summed E-state index contributed by atoms with van der Waals surface area (Å²) < 4.78 is 13.4. The molecule has 3 saturated heterocycles. The molecule has 0 bridgehead atoms. The third-order valence-electron chi connectivity index (χ3n) is 6.43. The predicted octanol–water partition coefficient (Wildman–Crippen LogP) is 2.32. The van der Waals surface area contributed by atoms with Crippen LogP contribution >= 0.6 is 11.3 Å². The van der Waals surface area contributed by atoms with Crippen LogP contribution in [0.25, 0.3) is 10.7 Å². The minimum Gasteiger partial charge on any atom is -0.381 e. The third-order valence-corrected chi connectivity index (χ3v) is 7.64. The largest absolute Gasteiger partial charge is 0.381 e. The molecule has 0 amide bonds. The Morgan fingerprint density at radius 2 is 1.84 bits per heavy atom. The highest BCUT2D eigenvalue weighted by Gasteiger charge is 2.29. The number of piperidine rings is 1. The molecule has 166 valence electrons. The summed E-state index contributed by atoms with van der Waals surface area (Å²) in [6.07, 6.45) is 2.83. The van der Waals surface area contributed by atoms with Crippen molar-refractivity contribution in [1.82, 2.24) is 19.7 Å². The molecule has 1 atom stereocenters. The molecule has 10 heteroatoms. The van der Waals surface area contributed by atoms with E-state index in [4.69, 9.17) is 14.5 Å². The SMILES string of the molecule is Cc1nc(N2CCOCC2)sc1-c1nnc(N2CCC(C#N)CC2)n1CC1CCOC1. The van der Waals surface area contributed by atoms with Crippen molar-refractivity contribution in [2.75, 3.05) is 62.4 Å². The minimum atomic E-state index is 0.148. The van der Waals surface area contributed by atoms with Gasteiger partial charge in [0.15, 0.2) is 11.0 Å². The van der Waals surface area contributed by atoms with Gasteiger partial charge in [0.1, 0.15) is 0 Å². The second kappa shape index (κ2) is 9.10. The number of anilines is 2. The van der Waals surface area contributed by atoms with Crippen molar-refractivity contribution in [3.05, 3.63) is 5.69 Å². The predicted molar refractivity (Wildman–Crippen MR) is 118 cm³/mol. The van der Waals surface area contributed by atoms with E-state index in [0.29, 0.717) is 5.92 Å². The van der Waals surface area contributed by atoms with Crippen LogP contribution in [0.4, 0.5) is 11.1 Å². The van der Waals surface area contributed by atoms with E-state index < -0.39 is 0 Å². The summed E-state index contributed by atoms with van der Waals surface area (Å²) in [5.74, 6) is 2.44. The van der Waals surface area contributed by atoms with Gasteiger partial charge in [-0.15, -0.1) is 10.2 Å². The van der Waals surface area contributed by atoms with Crippen molar-refractivity contribution in [1.29, 1.82) is 5.26 Å². The summed E-state index contributed by atoms with van der Waals surface area (Å²) in [4.78, 5) is 10.5. The number of thiazole rings is 1. The number of aryl methyl sites for hydroxylation is 1. The summed E-state index contributed by atoms with van der Waals surface area (Å²) in [6.45, 7) is 9.44. The maximum atomic E-state index is 9.25. The Morgan fingerprint density at radius 1 is 1.03 bits per heavy atom. The molecule has 3 aliphatic heterocycles. The van der Waals surface area contributed by atoms with Gasteiger partial charge < -0.3 is 19.3 Å². The van der Waals surface area contributed by atoms with Gasteiger partial charge in [0, 0.05) is 51.2 Å². The number of morpholine rings is 1. The maximum absolute atomic E-state index is 9.25. The fourth-order valence-corrected chi connectivity index (χ4v) is 5.65. The quantitative estimate of drug-likeness (QED) is 0.695. The highest BCUT2D eigenvalue weighted by Crippen LogP contribution is 2.36. The molecule has 5 rings (SSSR count). The number of rotatable bonds is 5. The number of nitrogens with zero attached hydrogens (tertiary/aromatic N) is 7. The topological polar surface area (TPSA) is 92.3 Å². The van der Waals surface area contributed by atoms with E-state index in [1.807, 2.05) is 0 Å². The highest BCUT2D eigenvalue weighted by atomic mass is 32.1. The van der Waals surface area contributed by atoms with E-state index in [1.54, 1.807) is 11.3 Å². The van der Waals surface area contributed by atoms with Crippen molar-refractivity contribution in [2.24, 2.45) is 11.8 Å². The van der Waals surface area contributed by atoms with Gasteiger partial charge in [-0.3, -0.25) is 4.57 Å². The van der Waals surface area contributed by atoms with Gasteiger partial charge in [0.2, 0.25) is 5.95 Å². The normalized spacial score (nSPS) is 22.8. The molecule has 0 radical (unpaired) electrons. The zero-order valence-electron chi connectivity index (χ0n) is 18.0. The van der Waals surface area contributed by atoms with Crippen molar-refractivity contribution >= 4 is 22.4 Å². The summed E-state index contributed by atoms with van der Waals surface area (Å²) in [5.41, 5.74) is 0.998. The van der Waals surface area contributed by atoms with Gasteiger partial charge in [0.05, 0.1) is 36.5 Å². The highest BCUT2D eigenvalue weighted by molar-refractivity contribution is 7.19. The number of hydrogen-bond acceptors (Lipinski definition) is 9. The number of ether oxygens (including phenoxy) is 2. The van der Waals surface area contributed by atoms with E-state index in [2.05, 4.69) is 37.6 Å². The smallest absolute Gasteiger partial charge is 0.227 e. The Morgan fingerprint density at radius 3 is 2.55 bits per heavy atom. The molecule has 31 heavy (non-hydrogen) atoms. The Hall–Kier alpha value is -2.22. The second-order valence-electron chi connectivity index (χ2n) is 8.56. The van der Waals surface area contributed by atoms with Crippen LogP contribution in [-0.4, -0.2) is 72.4 Å². The van der Waals surface area contributed by atoms with Crippen LogP contribution in [0, 0.1) is 30.1 Å². The molecule has 2 aromatic rings. The molecule has 2 aromatic heterocycles. The van der Waals surface area contributed by atoms with Gasteiger partial charge in [-0.25, -0.2) is 4.98 Å². The van der Waals surface area contributed by atoms with Crippen molar-refractivity contribution in [3.63, 3.8) is 0 Å². The van der Waals surface area contributed by atoms with E-state index in [0.717, 1.165) is 106 Å². The molecule has 9 nitrogen and oxygen atoms in total. The third kappa shape index (κ3) is 4.27. The van der Waals surface area contributed by atoms with E-state index in [-0.39, 0.29) is 5.92 Å². The van der Waals surface area contributed by atoms with Crippen LogP contribution in [0.5, 0.6) is 0 Å². The lowest BCUT2D eigenvalue weighted by molar-refractivity contribution is 0.122.